The Bertz CT molecular complexity index is 840. The number of pyridine rings is 1. The number of ketones is 1. The number of nitrogens with two attached hydrogens (primary N) is 1. The number of alkyl halides is 3. The third-order valence-corrected chi connectivity index (χ3v) is 3.92. The van der Waals surface area contributed by atoms with Crippen LogP contribution in [0.5, 0.6) is 5.75 Å². The normalized spacial score (nSPS) is 11.2. The van der Waals surface area contributed by atoms with E-state index in [2.05, 4.69) is 4.98 Å². The van der Waals surface area contributed by atoms with Crippen molar-refractivity contribution in [3.05, 3.63) is 59.4 Å². The van der Waals surface area contributed by atoms with Crippen LogP contribution in [0.4, 0.5) is 13.2 Å². The molecule has 1 aromatic carbocycles. The lowest BCUT2D eigenvalue weighted by Crippen LogP contribution is -2.14. The third kappa shape index (κ3) is 7.19. The molecule has 9 heteroatoms. The molecule has 2 N–H and O–H groups in total. The minimum absolute atomic E-state index is 0.0136. The summed E-state index contributed by atoms with van der Waals surface area (Å²) >= 11 is 0. The quantitative estimate of drug-likeness (QED) is 0.476. The van der Waals surface area contributed by atoms with Crippen molar-refractivity contribution in [1.82, 2.24) is 4.98 Å². The number of esters is 1. The van der Waals surface area contributed by atoms with Gasteiger partial charge in [0.2, 0.25) is 0 Å². The summed E-state index contributed by atoms with van der Waals surface area (Å²) in [5.74, 6) is -0.672. The number of hydrogen-bond donors (Lipinski definition) is 1. The summed E-state index contributed by atoms with van der Waals surface area (Å²) in [6.45, 7) is -0.0856. The van der Waals surface area contributed by atoms with Crippen molar-refractivity contribution in [2.75, 3.05) is 13.2 Å². The summed E-state index contributed by atoms with van der Waals surface area (Å²) in [6.07, 6.45) is -1.71. The number of ether oxygens (including phenoxy) is 2. The molecule has 0 aliphatic carbocycles. The second kappa shape index (κ2) is 10.6. The van der Waals surface area contributed by atoms with Gasteiger partial charge in [-0.1, -0.05) is 12.1 Å². The van der Waals surface area contributed by atoms with Crippen LogP contribution in [0, 0.1) is 0 Å². The smallest absolute Gasteiger partial charge is 0.416 e. The van der Waals surface area contributed by atoms with E-state index in [1.165, 1.54) is 30.5 Å². The predicted octanol–water partition coefficient (Wildman–Crippen LogP) is 3.53. The van der Waals surface area contributed by atoms with E-state index < -0.39 is 17.7 Å². The zero-order chi connectivity index (χ0) is 21.3. The molecule has 0 saturated carbocycles. The van der Waals surface area contributed by atoms with Crippen molar-refractivity contribution >= 4 is 11.8 Å². The van der Waals surface area contributed by atoms with Gasteiger partial charge < -0.3 is 15.2 Å². The van der Waals surface area contributed by atoms with Crippen molar-refractivity contribution in [2.45, 2.75) is 32.0 Å². The zero-order valence-corrected chi connectivity index (χ0v) is 15.6. The molecule has 0 fully saturated rings. The van der Waals surface area contributed by atoms with Gasteiger partial charge in [0.1, 0.15) is 12.4 Å². The number of hydrogen-bond acceptors (Lipinski definition) is 6. The fourth-order valence-electron chi connectivity index (χ4n) is 2.42. The third-order valence-electron chi connectivity index (χ3n) is 3.92. The summed E-state index contributed by atoms with van der Waals surface area (Å²) < 4.78 is 49.0. The van der Waals surface area contributed by atoms with E-state index in [9.17, 15) is 22.8 Å². The average molecular weight is 410 g/mol. The second-order valence-electron chi connectivity index (χ2n) is 6.17. The van der Waals surface area contributed by atoms with E-state index in [0.29, 0.717) is 24.8 Å². The van der Waals surface area contributed by atoms with Crippen molar-refractivity contribution in [1.29, 1.82) is 0 Å². The number of unbranched alkanes of at least 4 members (excludes halogenated alkanes) is 1. The Morgan fingerprint density at radius 3 is 2.62 bits per heavy atom. The van der Waals surface area contributed by atoms with E-state index in [1.807, 2.05) is 0 Å². The standard InChI is InChI=1S/C20H21F3N2O4/c21-20(22,23)15-6-3-5-14(11-15)13-29-17-8-4-9-25-18(17)19(27)28-10-2-1-7-16(26)12-24/h3-6,8-9,11H,1-2,7,10,12-13,24H2. The minimum atomic E-state index is -4.45. The molecule has 1 heterocycles. The molecule has 0 aliphatic rings. The Hall–Kier alpha value is -2.94. The van der Waals surface area contributed by atoms with Crippen LogP contribution in [0.15, 0.2) is 42.6 Å². The highest BCUT2D eigenvalue weighted by molar-refractivity contribution is 5.90. The van der Waals surface area contributed by atoms with Crippen LogP contribution in [0.3, 0.4) is 0 Å². The highest BCUT2D eigenvalue weighted by Crippen LogP contribution is 2.30. The molecule has 0 atom stereocenters. The van der Waals surface area contributed by atoms with Gasteiger partial charge in [-0.25, -0.2) is 9.78 Å². The first-order valence-electron chi connectivity index (χ1n) is 8.94. The van der Waals surface area contributed by atoms with E-state index in [0.717, 1.165) is 12.1 Å². The van der Waals surface area contributed by atoms with Gasteiger partial charge >= 0.3 is 12.1 Å². The first-order valence-corrected chi connectivity index (χ1v) is 8.94. The largest absolute Gasteiger partial charge is 0.486 e. The molecule has 2 rings (SSSR count). The molecule has 0 bridgehead atoms. The minimum Gasteiger partial charge on any atom is -0.486 e. The van der Waals surface area contributed by atoms with Crippen molar-refractivity contribution in [3.63, 3.8) is 0 Å². The van der Waals surface area contributed by atoms with Crippen LogP contribution in [0.2, 0.25) is 0 Å². The fourth-order valence-corrected chi connectivity index (χ4v) is 2.42. The lowest BCUT2D eigenvalue weighted by atomic mass is 10.1. The molecule has 1 aromatic heterocycles. The Morgan fingerprint density at radius 2 is 1.90 bits per heavy atom. The van der Waals surface area contributed by atoms with Crippen molar-refractivity contribution in [2.24, 2.45) is 5.73 Å². The molecule has 0 radical (unpaired) electrons. The molecule has 0 amide bonds. The van der Waals surface area contributed by atoms with E-state index >= 15 is 0 Å². The molecule has 6 nitrogen and oxygen atoms in total. The molecular formula is C20H21F3N2O4. The van der Waals surface area contributed by atoms with Crippen LogP contribution < -0.4 is 10.5 Å². The Balaban J connectivity index is 1.93. The highest BCUT2D eigenvalue weighted by Gasteiger charge is 2.30. The van der Waals surface area contributed by atoms with Crippen LogP contribution in [0.25, 0.3) is 0 Å². The number of Topliss-reactive ketones (excluding diaryl/α,β-unsaturated/α-hetero) is 1. The predicted molar refractivity (Wildman–Crippen MR) is 98.2 cm³/mol. The molecule has 0 saturated heterocycles. The van der Waals surface area contributed by atoms with Crippen LogP contribution in [-0.2, 0) is 22.3 Å². The van der Waals surface area contributed by atoms with Crippen molar-refractivity contribution in [3.8, 4) is 5.75 Å². The van der Waals surface area contributed by atoms with Crippen molar-refractivity contribution < 1.29 is 32.2 Å². The summed E-state index contributed by atoms with van der Waals surface area (Å²) in [4.78, 5) is 27.3. The van der Waals surface area contributed by atoms with Gasteiger partial charge in [0, 0.05) is 12.6 Å². The molecule has 0 spiro atoms. The number of carbonyl (C=O) groups is 2. The lowest BCUT2D eigenvalue weighted by Gasteiger charge is -2.12. The lowest BCUT2D eigenvalue weighted by molar-refractivity contribution is -0.137. The highest BCUT2D eigenvalue weighted by atomic mass is 19.4. The molecular weight excluding hydrogens is 389 g/mol. The van der Waals surface area contributed by atoms with E-state index in [-0.39, 0.29) is 37.0 Å². The SMILES string of the molecule is NCC(=O)CCCCOC(=O)c1ncccc1OCc1cccc(C(F)(F)F)c1. The van der Waals surface area contributed by atoms with Gasteiger partial charge in [0.25, 0.3) is 0 Å². The number of halogens is 3. The van der Waals surface area contributed by atoms with Crippen LogP contribution in [-0.4, -0.2) is 29.9 Å². The Kier molecular flexibility index (Phi) is 8.14. The molecule has 2 aromatic rings. The first kappa shape index (κ1) is 22.4. The first-order chi connectivity index (χ1) is 13.8. The number of nitrogens with zero attached hydrogens (tertiary/aromatic N) is 1. The maximum atomic E-state index is 12.8. The maximum absolute atomic E-state index is 12.8. The topological polar surface area (TPSA) is 91.5 Å². The molecule has 29 heavy (non-hydrogen) atoms. The van der Waals surface area contributed by atoms with Crippen LogP contribution in [0.1, 0.15) is 40.9 Å². The molecule has 0 unspecified atom stereocenters. The zero-order valence-electron chi connectivity index (χ0n) is 15.6. The fraction of sp³-hybridized carbons (Fsp3) is 0.350. The van der Waals surface area contributed by atoms with Gasteiger partial charge in [-0.05, 0) is 42.7 Å². The maximum Gasteiger partial charge on any atom is 0.416 e. The summed E-state index contributed by atoms with van der Waals surface area (Å²) in [6, 6.07) is 7.75. The van der Waals surface area contributed by atoms with Gasteiger partial charge in [-0.3, -0.25) is 4.79 Å². The van der Waals surface area contributed by atoms with Gasteiger partial charge in [-0.15, -0.1) is 0 Å². The van der Waals surface area contributed by atoms with Gasteiger partial charge in [-0.2, -0.15) is 13.2 Å². The number of rotatable bonds is 10. The summed E-state index contributed by atoms with van der Waals surface area (Å²) in [5.41, 5.74) is 4.66. The number of benzene rings is 1. The number of carbonyl (C=O) groups excluding carboxylic acids is 2. The number of aromatic nitrogens is 1. The summed E-state index contributed by atoms with van der Waals surface area (Å²) in [5, 5.41) is 0. The monoisotopic (exact) mass is 410 g/mol. The molecule has 0 aliphatic heterocycles. The second-order valence-corrected chi connectivity index (χ2v) is 6.17. The van der Waals surface area contributed by atoms with Gasteiger partial charge in [0.05, 0.1) is 18.7 Å². The van der Waals surface area contributed by atoms with Crippen LogP contribution >= 0.6 is 0 Å². The Labute approximate surface area is 165 Å². The van der Waals surface area contributed by atoms with E-state index in [4.69, 9.17) is 15.2 Å². The van der Waals surface area contributed by atoms with Gasteiger partial charge in [0.15, 0.2) is 11.4 Å². The molecule has 156 valence electrons. The van der Waals surface area contributed by atoms with E-state index in [1.54, 1.807) is 0 Å². The average Bonchev–Trinajstić information content (AvgIpc) is 2.71. The summed E-state index contributed by atoms with van der Waals surface area (Å²) in [7, 11) is 0. The Morgan fingerprint density at radius 1 is 1.10 bits per heavy atom.